The van der Waals surface area contributed by atoms with Gasteiger partial charge in [-0.2, -0.15) is 0 Å². The van der Waals surface area contributed by atoms with Gasteiger partial charge in [0.2, 0.25) is 0 Å². The minimum absolute atomic E-state index is 0.176. The Labute approximate surface area is 99.8 Å². The molecule has 0 spiro atoms. The molecule has 1 aromatic rings. The second-order valence-corrected chi connectivity index (χ2v) is 3.52. The van der Waals surface area contributed by atoms with Gasteiger partial charge in [-0.3, -0.25) is 4.79 Å². The monoisotopic (exact) mass is 272 g/mol. The smallest absolute Gasteiger partial charge is 0.310 e. The van der Waals surface area contributed by atoms with Crippen LogP contribution in [0.5, 0.6) is 0 Å². The highest BCUT2D eigenvalue weighted by Crippen LogP contribution is 2.11. The summed E-state index contributed by atoms with van der Waals surface area (Å²) in [6.45, 7) is 6.24. The van der Waals surface area contributed by atoms with Crippen molar-refractivity contribution in [3.63, 3.8) is 0 Å². The fourth-order valence-corrected chi connectivity index (χ4v) is 1.25. The number of ether oxygens (including phenoxy) is 1. The lowest BCUT2D eigenvalue weighted by Gasteiger charge is -2.01. The van der Waals surface area contributed by atoms with Crippen LogP contribution in [0.1, 0.15) is 26.3 Å². The van der Waals surface area contributed by atoms with Crippen LogP contribution < -0.4 is 0 Å². The molecule has 1 aromatic carbocycles. The Morgan fingerprint density at radius 2 is 1.80 bits per heavy atom. The zero-order chi connectivity index (χ0) is 11.7. The predicted octanol–water partition coefficient (Wildman–Crippen LogP) is 3.58. The quantitative estimate of drug-likeness (QED) is 0.787. The summed E-state index contributed by atoms with van der Waals surface area (Å²) in [5.41, 5.74) is 0.974. The van der Waals surface area contributed by atoms with Gasteiger partial charge in [-0.1, -0.05) is 41.9 Å². The maximum Gasteiger partial charge on any atom is 0.310 e. The van der Waals surface area contributed by atoms with E-state index < -0.39 is 0 Å². The highest BCUT2D eigenvalue weighted by molar-refractivity contribution is 9.10. The van der Waals surface area contributed by atoms with Gasteiger partial charge in [0.1, 0.15) is 0 Å². The number of benzene rings is 1. The molecule has 0 saturated heterocycles. The van der Waals surface area contributed by atoms with Crippen LogP contribution in [0.4, 0.5) is 0 Å². The second kappa shape index (κ2) is 8.48. The number of rotatable bonds is 3. The van der Waals surface area contributed by atoms with Gasteiger partial charge in [-0.15, -0.1) is 0 Å². The van der Waals surface area contributed by atoms with Gasteiger partial charge in [-0.05, 0) is 24.6 Å². The number of carbonyl (C=O) groups is 1. The zero-order valence-corrected chi connectivity index (χ0v) is 11.0. The first-order chi connectivity index (χ1) is 7.22. The van der Waals surface area contributed by atoms with Crippen molar-refractivity contribution in [2.75, 3.05) is 6.61 Å². The lowest BCUT2D eigenvalue weighted by atomic mass is 10.2. The van der Waals surface area contributed by atoms with Crippen LogP contribution in [0.3, 0.4) is 0 Å². The Morgan fingerprint density at radius 1 is 1.27 bits per heavy atom. The van der Waals surface area contributed by atoms with Gasteiger partial charge in [0.25, 0.3) is 0 Å². The molecule has 0 saturated carbocycles. The summed E-state index contributed by atoms with van der Waals surface area (Å²) >= 11 is 3.33. The van der Waals surface area contributed by atoms with Gasteiger partial charge in [0, 0.05) is 4.47 Å². The van der Waals surface area contributed by atoms with Crippen molar-refractivity contribution < 1.29 is 9.53 Å². The van der Waals surface area contributed by atoms with E-state index in [1.807, 2.05) is 38.1 Å². The van der Waals surface area contributed by atoms with Crippen LogP contribution in [0.2, 0.25) is 0 Å². The van der Waals surface area contributed by atoms with E-state index in [0.717, 1.165) is 10.0 Å². The maximum absolute atomic E-state index is 11.1. The minimum atomic E-state index is -0.176. The molecular formula is C12H17BrO2. The first kappa shape index (κ1) is 14.2. The standard InChI is InChI=1S/C10H11BrO2.C2H6/c1-2-13-10(12)7-8-3-5-9(11)6-4-8;1-2/h3-6H,2,7H2,1H3;1-2H3. The average Bonchev–Trinajstić information content (AvgIpc) is 2.25. The molecule has 0 radical (unpaired) electrons. The molecule has 0 unspecified atom stereocenters. The van der Waals surface area contributed by atoms with Crippen molar-refractivity contribution in [3.05, 3.63) is 34.3 Å². The molecule has 0 aliphatic rings. The molecule has 0 fully saturated rings. The minimum Gasteiger partial charge on any atom is -0.466 e. The molecule has 0 aliphatic heterocycles. The first-order valence-corrected chi connectivity index (χ1v) is 5.91. The van der Waals surface area contributed by atoms with E-state index in [4.69, 9.17) is 4.74 Å². The van der Waals surface area contributed by atoms with Crippen molar-refractivity contribution >= 4 is 21.9 Å². The normalized spacial score (nSPS) is 8.80. The summed E-state index contributed by atoms with van der Waals surface area (Å²) < 4.78 is 5.84. The van der Waals surface area contributed by atoms with Crippen LogP contribution in [-0.4, -0.2) is 12.6 Å². The number of halogens is 1. The second-order valence-electron chi connectivity index (χ2n) is 2.61. The molecule has 0 atom stereocenters. The number of hydrogen-bond donors (Lipinski definition) is 0. The molecule has 0 aromatic heterocycles. The largest absolute Gasteiger partial charge is 0.466 e. The van der Waals surface area contributed by atoms with Crippen LogP contribution in [0.25, 0.3) is 0 Å². The third kappa shape index (κ3) is 6.28. The van der Waals surface area contributed by atoms with E-state index >= 15 is 0 Å². The molecule has 84 valence electrons. The van der Waals surface area contributed by atoms with Crippen molar-refractivity contribution in [3.8, 4) is 0 Å². The van der Waals surface area contributed by atoms with Crippen LogP contribution in [0, 0.1) is 0 Å². The summed E-state index contributed by atoms with van der Waals surface area (Å²) in [4.78, 5) is 11.1. The third-order valence-corrected chi connectivity index (χ3v) is 2.10. The van der Waals surface area contributed by atoms with Crippen LogP contribution in [0.15, 0.2) is 28.7 Å². The van der Waals surface area contributed by atoms with Crippen molar-refractivity contribution in [2.24, 2.45) is 0 Å². The Balaban J connectivity index is 0.000000921. The van der Waals surface area contributed by atoms with Gasteiger partial charge in [0.05, 0.1) is 13.0 Å². The molecule has 0 heterocycles. The fraction of sp³-hybridized carbons (Fsp3) is 0.417. The maximum atomic E-state index is 11.1. The van der Waals surface area contributed by atoms with E-state index in [1.54, 1.807) is 6.92 Å². The molecule has 0 N–H and O–H groups in total. The Morgan fingerprint density at radius 3 is 2.27 bits per heavy atom. The van der Waals surface area contributed by atoms with Crippen LogP contribution in [-0.2, 0) is 16.0 Å². The predicted molar refractivity (Wildman–Crippen MR) is 65.8 cm³/mol. The number of carbonyl (C=O) groups excluding carboxylic acids is 1. The first-order valence-electron chi connectivity index (χ1n) is 5.12. The van der Waals surface area contributed by atoms with E-state index in [2.05, 4.69) is 15.9 Å². The van der Waals surface area contributed by atoms with Gasteiger partial charge >= 0.3 is 5.97 Å². The van der Waals surface area contributed by atoms with Gasteiger partial charge in [-0.25, -0.2) is 0 Å². The summed E-state index contributed by atoms with van der Waals surface area (Å²) in [5.74, 6) is -0.176. The van der Waals surface area contributed by atoms with E-state index in [-0.39, 0.29) is 5.97 Å². The molecule has 0 aliphatic carbocycles. The molecule has 15 heavy (non-hydrogen) atoms. The Kier molecular flexibility index (Phi) is 8.01. The van der Waals surface area contributed by atoms with Crippen LogP contribution >= 0.6 is 15.9 Å². The highest BCUT2D eigenvalue weighted by atomic mass is 79.9. The molecule has 0 bridgehead atoms. The fourth-order valence-electron chi connectivity index (χ4n) is 0.981. The summed E-state index contributed by atoms with van der Waals surface area (Å²) in [6.07, 6.45) is 0.348. The SMILES string of the molecule is CC.CCOC(=O)Cc1ccc(Br)cc1. The zero-order valence-electron chi connectivity index (χ0n) is 9.42. The summed E-state index contributed by atoms with van der Waals surface area (Å²) in [6, 6.07) is 7.63. The third-order valence-electron chi connectivity index (χ3n) is 1.57. The van der Waals surface area contributed by atoms with Gasteiger partial charge < -0.3 is 4.74 Å². The average molecular weight is 273 g/mol. The lowest BCUT2D eigenvalue weighted by molar-refractivity contribution is -0.142. The van der Waals surface area contributed by atoms with E-state index in [0.29, 0.717) is 13.0 Å². The number of esters is 1. The van der Waals surface area contributed by atoms with E-state index in [9.17, 15) is 4.79 Å². The van der Waals surface area contributed by atoms with Crippen molar-refractivity contribution in [2.45, 2.75) is 27.2 Å². The van der Waals surface area contributed by atoms with Crippen molar-refractivity contribution in [1.29, 1.82) is 0 Å². The summed E-state index contributed by atoms with van der Waals surface area (Å²) in [5, 5.41) is 0. The molecular weight excluding hydrogens is 256 g/mol. The number of hydrogen-bond acceptors (Lipinski definition) is 2. The molecule has 3 heteroatoms. The molecule has 2 nitrogen and oxygen atoms in total. The Bertz CT molecular complexity index is 280. The Hall–Kier alpha value is -0.830. The topological polar surface area (TPSA) is 26.3 Å². The lowest BCUT2D eigenvalue weighted by Crippen LogP contribution is -2.07. The van der Waals surface area contributed by atoms with E-state index in [1.165, 1.54) is 0 Å². The van der Waals surface area contributed by atoms with Gasteiger partial charge in [0.15, 0.2) is 0 Å². The summed E-state index contributed by atoms with van der Waals surface area (Å²) in [7, 11) is 0. The highest BCUT2D eigenvalue weighted by Gasteiger charge is 2.02. The molecule has 0 amide bonds. The van der Waals surface area contributed by atoms with Crippen molar-refractivity contribution in [1.82, 2.24) is 0 Å². The molecule has 1 rings (SSSR count).